The average Bonchev–Trinajstić information content (AvgIpc) is 3.00. The van der Waals surface area contributed by atoms with Crippen LogP contribution in [0.1, 0.15) is 33.3 Å². The summed E-state index contributed by atoms with van der Waals surface area (Å²) in [5.74, 6) is 0.337. The Kier molecular flexibility index (Phi) is 4.47. The fraction of sp³-hybridized carbons (Fsp3) is 0.167. The summed E-state index contributed by atoms with van der Waals surface area (Å²) in [6.45, 7) is 1.66. The van der Waals surface area contributed by atoms with Gasteiger partial charge in [-0.25, -0.2) is 4.79 Å². The third-order valence-electron chi connectivity index (χ3n) is 3.37. The molecule has 0 fully saturated rings. The van der Waals surface area contributed by atoms with E-state index in [1.54, 1.807) is 13.0 Å². The molecule has 3 aromatic rings. The van der Waals surface area contributed by atoms with Crippen LogP contribution in [0, 0.1) is 6.92 Å². The number of carbonyl (C=O) groups excluding carboxylic acids is 1. The second-order valence-corrected chi connectivity index (χ2v) is 5.11. The molecule has 0 atom stereocenters. The molecule has 116 valence electrons. The number of aromatic nitrogens is 2. The summed E-state index contributed by atoms with van der Waals surface area (Å²) in [7, 11) is 0. The standard InChI is InChI=1S/C18H16N2O3/c1-13-19-20-17(23-13)12-22-18(21)16-10-6-5-9-15(16)11-14-7-3-2-4-8-14/h2-10H,11-12H2,1H3. The zero-order valence-corrected chi connectivity index (χ0v) is 12.7. The topological polar surface area (TPSA) is 65.2 Å². The molecular formula is C18H16N2O3. The zero-order chi connectivity index (χ0) is 16.1. The van der Waals surface area contributed by atoms with Gasteiger partial charge in [0.25, 0.3) is 5.89 Å². The van der Waals surface area contributed by atoms with Gasteiger partial charge in [0.05, 0.1) is 5.56 Å². The first kappa shape index (κ1) is 15.0. The normalized spacial score (nSPS) is 10.5. The van der Waals surface area contributed by atoms with Gasteiger partial charge >= 0.3 is 5.97 Å². The molecule has 5 heteroatoms. The van der Waals surface area contributed by atoms with Crippen molar-refractivity contribution < 1.29 is 13.9 Å². The summed E-state index contributed by atoms with van der Waals surface area (Å²) in [6, 6.07) is 17.4. The van der Waals surface area contributed by atoms with Gasteiger partial charge in [0.2, 0.25) is 5.89 Å². The average molecular weight is 308 g/mol. The molecule has 0 aliphatic carbocycles. The number of aryl methyl sites for hydroxylation is 1. The van der Waals surface area contributed by atoms with Crippen molar-refractivity contribution in [2.75, 3.05) is 0 Å². The molecule has 0 bridgehead atoms. The SMILES string of the molecule is Cc1nnc(COC(=O)c2ccccc2Cc2ccccc2)o1. The van der Waals surface area contributed by atoms with E-state index < -0.39 is 5.97 Å². The van der Waals surface area contributed by atoms with E-state index in [4.69, 9.17) is 9.15 Å². The van der Waals surface area contributed by atoms with Crippen LogP contribution in [-0.2, 0) is 17.8 Å². The highest BCUT2D eigenvalue weighted by Crippen LogP contribution is 2.16. The van der Waals surface area contributed by atoms with Crippen LogP contribution < -0.4 is 0 Å². The summed E-state index contributed by atoms with van der Waals surface area (Å²) < 4.78 is 10.5. The van der Waals surface area contributed by atoms with Crippen molar-refractivity contribution in [3.63, 3.8) is 0 Å². The lowest BCUT2D eigenvalue weighted by molar-refractivity contribution is 0.0435. The Morgan fingerprint density at radius 1 is 1.04 bits per heavy atom. The Morgan fingerprint density at radius 3 is 2.52 bits per heavy atom. The Balaban J connectivity index is 1.72. The molecule has 23 heavy (non-hydrogen) atoms. The van der Waals surface area contributed by atoms with E-state index in [2.05, 4.69) is 10.2 Å². The summed E-state index contributed by atoms with van der Waals surface area (Å²) in [5, 5.41) is 7.51. The fourth-order valence-electron chi connectivity index (χ4n) is 2.29. The highest BCUT2D eigenvalue weighted by atomic mass is 16.5. The molecule has 2 aromatic carbocycles. The van der Waals surface area contributed by atoms with Gasteiger partial charge in [-0.3, -0.25) is 0 Å². The summed E-state index contributed by atoms with van der Waals surface area (Å²) >= 11 is 0. The maximum Gasteiger partial charge on any atom is 0.338 e. The van der Waals surface area contributed by atoms with Crippen LogP contribution in [0.2, 0.25) is 0 Å². The van der Waals surface area contributed by atoms with Gasteiger partial charge in [0, 0.05) is 6.92 Å². The van der Waals surface area contributed by atoms with E-state index in [-0.39, 0.29) is 12.5 Å². The molecule has 0 radical (unpaired) electrons. The van der Waals surface area contributed by atoms with Crippen LogP contribution in [-0.4, -0.2) is 16.2 Å². The predicted molar refractivity (Wildman–Crippen MR) is 83.8 cm³/mol. The van der Waals surface area contributed by atoms with E-state index in [1.807, 2.05) is 48.5 Å². The highest BCUT2D eigenvalue weighted by Gasteiger charge is 2.14. The summed E-state index contributed by atoms with van der Waals surface area (Å²) in [4.78, 5) is 12.3. The monoisotopic (exact) mass is 308 g/mol. The van der Waals surface area contributed by atoms with E-state index >= 15 is 0 Å². The molecular weight excluding hydrogens is 292 g/mol. The lowest BCUT2D eigenvalue weighted by Gasteiger charge is -2.09. The van der Waals surface area contributed by atoms with Crippen molar-refractivity contribution >= 4 is 5.97 Å². The van der Waals surface area contributed by atoms with Crippen LogP contribution >= 0.6 is 0 Å². The Morgan fingerprint density at radius 2 is 1.78 bits per heavy atom. The predicted octanol–water partition coefficient (Wildman–Crippen LogP) is 3.33. The number of hydrogen-bond acceptors (Lipinski definition) is 5. The van der Waals surface area contributed by atoms with Gasteiger partial charge in [0.15, 0.2) is 6.61 Å². The first-order valence-electron chi connectivity index (χ1n) is 7.30. The van der Waals surface area contributed by atoms with Gasteiger partial charge in [-0.2, -0.15) is 0 Å². The quantitative estimate of drug-likeness (QED) is 0.676. The minimum Gasteiger partial charge on any atom is -0.452 e. The molecule has 0 saturated heterocycles. The molecule has 0 spiro atoms. The molecule has 0 aliphatic heterocycles. The summed E-state index contributed by atoms with van der Waals surface area (Å²) in [5.41, 5.74) is 2.61. The fourth-order valence-corrected chi connectivity index (χ4v) is 2.29. The van der Waals surface area contributed by atoms with Crippen LogP contribution in [0.15, 0.2) is 59.0 Å². The molecule has 0 aliphatic rings. The van der Waals surface area contributed by atoms with Crippen molar-refractivity contribution in [1.29, 1.82) is 0 Å². The number of hydrogen-bond donors (Lipinski definition) is 0. The Bertz CT molecular complexity index is 797. The molecule has 0 saturated carbocycles. The number of rotatable bonds is 5. The molecule has 0 amide bonds. The van der Waals surface area contributed by atoms with Gasteiger partial charge in [-0.15, -0.1) is 10.2 Å². The molecule has 0 unspecified atom stereocenters. The van der Waals surface area contributed by atoms with Gasteiger partial charge < -0.3 is 9.15 Å². The van der Waals surface area contributed by atoms with Gasteiger partial charge in [0.1, 0.15) is 0 Å². The third-order valence-corrected chi connectivity index (χ3v) is 3.37. The number of nitrogens with zero attached hydrogens (tertiary/aromatic N) is 2. The van der Waals surface area contributed by atoms with Crippen molar-refractivity contribution in [3.8, 4) is 0 Å². The van der Waals surface area contributed by atoms with Crippen LogP contribution in [0.5, 0.6) is 0 Å². The maximum absolute atomic E-state index is 12.3. The summed E-state index contributed by atoms with van der Waals surface area (Å²) in [6.07, 6.45) is 0.672. The second-order valence-electron chi connectivity index (χ2n) is 5.11. The van der Waals surface area contributed by atoms with Gasteiger partial charge in [-0.1, -0.05) is 48.5 Å². The van der Waals surface area contributed by atoms with Crippen molar-refractivity contribution in [1.82, 2.24) is 10.2 Å². The minimum absolute atomic E-state index is 0.0284. The van der Waals surface area contributed by atoms with E-state index in [0.29, 0.717) is 17.9 Å². The van der Waals surface area contributed by atoms with Crippen LogP contribution in [0.3, 0.4) is 0 Å². The van der Waals surface area contributed by atoms with Crippen molar-refractivity contribution in [2.24, 2.45) is 0 Å². The van der Waals surface area contributed by atoms with Crippen molar-refractivity contribution in [2.45, 2.75) is 20.0 Å². The first-order valence-corrected chi connectivity index (χ1v) is 7.30. The number of ether oxygens (including phenoxy) is 1. The number of esters is 1. The Labute approximate surface area is 133 Å². The minimum atomic E-state index is -0.396. The second kappa shape index (κ2) is 6.87. The van der Waals surface area contributed by atoms with Crippen LogP contribution in [0.4, 0.5) is 0 Å². The van der Waals surface area contributed by atoms with E-state index in [0.717, 1.165) is 11.1 Å². The van der Waals surface area contributed by atoms with Crippen LogP contribution in [0.25, 0.3) is 0 Å². The molecule has 3 rings (SSSR count). The van der Waals surface area contributed by atoms with E-state index in [1.165, 1.54) is 0 Å². The zero-order valence-electron chi connectivity index (χ0n) is 12.7. The lowest BCUT2D eigenvalue weighted by Crippen LogP contribution is -2.09. The highest BCUT2D eigenvalue weighted by molar-refractivity contribution is 5.91. The largest absolute Gasteiger partial charge is 0.452 e. The van der Waals surface area contributed by atoms with E-state index in [9.17, 15) is 4.79 Å². The lowest BCUT2D eigenvalue weighted by atomic mass is 10.00. The third kappa shape index (κ3) is 3.83. The maximum atomic E-state index is 12.3. The van der Waals surface area contributed by atoms with Gasteiger partial charge in [-0.05, 0) is 23.6 Å². The Hall–Kier alpha value is -2.95. The first-order chi connectivity index (χ1) is 11.2. The number of benzene rings is 2. The molecule has 1 aromatic heterocycles. The molecule has 1 heterocycles. The molecule has 5 nitrogen and oxygen atoms in total. The molecule has 0 N–H and O–H groups in total. The van der Waals surface area contributed by atoms with Crippen molar-refractivity contribution in [3.05, 3.63) is 83.1 Å². The number of carbonyl (C=O) groups is 1. The smallest absolute Gasteiger partial charge is 0.338 e.